The molecule has 0 fully saturated rings. The van der Waals surface area contributed by atoms with Crippen LogP contribution in [0.5, 0.6) is 11.5 Å². The molecule has 0 aromatic heterocycles. The summed E-state index contributed by atoms with van der Waals surface area (Å²) < 4.78 is 69.3. The van der Waals surface area contributed by atoms with Crippen molar-refractivity contribution in [3.05, 3.63) is 62.0 Å². The summed E-state index contributed by atoms with van der Waals surface area (Å²) in [5.74, 6) is -0.403. The molecule has 0 saturated carbocycles. The summed E-state index contributed by atoms with van der Waals surface area (Å²) in [4.78, 5) is 2.69. The highest BCUT2D eigenvalue weighted by atomic mass is 127. The van der Waals surface area contributed by atoms with Gasteiger partial charge in [0.25, 0.3) is 0 Å². The number of nitrogens with zero attached hydrogens (tertiary/aromatic N) is 3. The van der Waals surface area contributed by atoms with E-state index in [1.807, 2.05) is 0 Å². The van der Waals surface area contributed by atoms with Crippen LogP contribution in [0.2, 0.25) is 0 Å². The quantitative estimate of drug-likeness (QED) is 0.139. The minimum absolute atomic E-state index is 0.0409. The van der Waals surface area contributed by atoms with Gasteiger partial charge in [0.2, 0.25) is 0 Å². The monoisotopic (exact) mass is 499 g/mol. The molecule has 0 aliphatic heterocycles. The van der Waals surface area contributed by atoms with Gasteiger partial charge in [0.1, 0.15) is 12.4 Å². The van der Waals surface area contributed by atoms with E-state index in [0.29, 0.717) is 11.3 Å². The van der Waals surface area contributed by atoms with E-state index in [9.17, 15) is 21.6 Å². The summed E-state index contributed by atoms with van der Waals surface area (Å²) in [6.45, 7) is -0.0549. The lowest BCUT2D eigenvalue weighted by molar-refractivity contribution is -0.0500. The van der Waals surface area contributed by atoms with Gasteiger partial charge in [-0.3, -0.25) is 0 Å². The second-order valence-corrected chi connectivity index (χ2v) is 7.27. The number of alkyl halides is 3. The number of hydrogen-bond acceptors (Lipinski definition) is 5. The van der Waals surface area contributed by atoms with Gasteiger partial charge in [0.05, 0.1) is 3.57 Å². The smallest absolute Gasteiger partial charge is 0.488 e. The zero-order valence-corrected chi connectivity index (χ0v) is 15.6. The maximum Gasteiger partial charge on any atom is 0.534 e. The summed E-state index contributed by atoms with van der Waals surface area (Å²) in [5, 5.41) is 3.50. The number of rotatable bonds is 6. The highest BCUT2D eigenvalue weighted by molar-refractivity contribution is 14.1. The number of halogens is 4. The Labute approximate surface area is 159 Å². The molecule has 138 valence electrons. The van der Waals surface area contributed by atoms with Crippen LogP contribution in [0.15, 0.2) is 47.6 Å². The topological polar surface area (TPSA) is 101 Å². The molecule has 26 heavy (non-hydrogen) atoms. The van der Waals surface area contributed by atoms with Crippen LogP contribution in [-0.4, -0.2) is 13.9 Å². The highest BCUT2D eigenvalue weighted by Crippen LogP contribution is 2.34. The third-order valence-corrected chi connectivity index (χ3v) is 4.97. The molecule has 2 aromatic rings. The molecule has 0 aliphatic carbocycles. The van der Waals surface area contributed by atoms with Gasteiger partial charge in [-0.15, -0.1) is 0 Å². The fourth-order valence-corrected chi connectivity index (χ4v) is 3.01. The van der Waals surface area contributed by atoms with Gasteiger partial charge in [-0.1, -0.05) is 35.4 Å². The van der Waals surface area contributed by atoms with E-state index in [0.717, 1.165) is 6.07 Å². The van der Waals surface area contributed by atoms with Crippen LogP contribution in [0, 0.1) is 3.57 Å². The van der Waals surface area contributed by atoms with Crippen LogP contribution in [0.25, 0.3) is 10.4 Å². The van der Waals surface area contributed by atoms with Crippen LogP contribution in [0.3, 0.4) is 0 Å². The molecule has 2 aromatic carbocycles. The van der Waals surface area contributed by atoms with Crippen LogP contribution in [-0.2, 0) is 16.7 Å². The molecule has 0 spiro atoms. The zero-order valence-electron chi connectivity index (χ0n) is 12.6. The molecule has 0 aliphatic rings. The summed E-state index contributed by atoms with van der Waals surface area (Å²) in [7, 11) is -5.79. The van der Waals surface area contributed by atoms with Crippen molar-refractivity contribution in [3.8, 4) is 11.5 Å². The van der Waals surface area contributed by atoms with Crippen LogP contribution in [0.4, 0.5) is 18.9 Å². The maximum atomic E-state index is 12.5. The van der Waals surface area contributed by atoms with Gasteiger partial charge in [-0.05, 0) is 45.8 Å². The third-order valence-electron chi connectivity index (χ3n) is 2.94. The first-order valence-electron chi connectivity index (χ1n) is 6.71. The molecule has 7 nitrogen and oxygen atoms in total. The third kappa shape index (κ3) is 4.71. The van der Waals surface area contributed by atoms with Gasteiger partial charge in [-0.25, -0.2) is 0 Å². The minimum Gasteiger partial charge on any atom is -0.488 e. The van der Waals surface area contributed by atoms with Crippen molar-refractivity contribution in [1.82, 2.24) is 0 Å². The molecule has 0 bridgehead atoms. The van der Waals surface area contributed by atoms with E-state index >= 15 is 0 Å². The van der Waals surface area contributed by atoms with Crippen molar-refractivity contribution in [2.24, 2.45) is 5.11 Å². The number of azide groups is 1. The van der Waals surface area contributed by atoms with Gasteiger partial charge < -0.3 is 8.92 Å². The Morgan fingerprint density at radius 3 is 2.42 bits per heavy atom. The lowest BCUT2D eigenvalue weighted by atomic mass is 10.2. The van der Waals surface area contributed by atoms with Crippen molar-refractivity contribution in [2.45, 2.75) is 12.1 Å². The molecular formula is C14H9F3IN3O4S. The predicted octanol–water partition coefficient (Wildman–Crippen LogP) is 5.04. The van der Waals surface area contributed by atoms with Crippen molar-refractivity contribution < 1.29 is 30.5 Å². The van der Waals surface area contributed by atoms with Crippen molar-refractivity contribution in [3.63, 3.8) is 0 Å². The van der Waals surface area contributed by atoms with E-state index in [1.165, 1.54) is 12.1 Å². The molecule has 0 N–H and O–H groups in total. The number of benzene rings is 2. The second kappa shape index (κ2) is 8.01. The van der Waals surface area contributed by atoms with E-state index < -0.39 is 21.4 Å². The first-order valence-corrected chi connectivity index (χ1v) is 9.19. The number of ether oxygens (including phenoxy) is 1. The fraction of sp³-hybridized carbons (Fsp3) is 0.143. The Morgan fingerprint density at radius 1 is 1.12 bits per heavy atom. The van der Waals surface area contributed by atoms with Crippen LogP contribution in [0.1, 0.15) is 5.56 Å². The Morgan fingerprint density at radius 2 is 1.77 bits per heavy atom. The summed E-state index contributed by atoms with van der Waals surface area (Å²) in [6.07, 6.45) is 0. The van der Waals surface area contributed by atoms with Crippen LogP contribution < -0.4 is 8.92 Å². The average Bonchev–Trinajstić information content (AvgIpc) is 2.56. The maximum absolute atomic E-state index is 12.5. The Bertz CT molecular complexity index is 960. The van der Waals surface area contributed by atoms with Crippen molar-refractivity contribution >= 4 is 38.4 Å². The minimum atomic E-state index is -5.79. The van der Waals surface area contributed by atoms with Crippen molar-refractivity contribution in [2.75, 3.05) is 0 Å². The van der Waals surface area contributed by atoms with Gasteiger partial charge >= 0.3 is 15.6 Å². The molecule has 0 atom stereocenters. The highest BCUT2D eigenvalue weighted by Gasteiger charge is 2.48. The first kappa shape index (κ1) is 20.1. The normalized spacial score (nSPS) is 11.5. The van der Waals surface area contributed by atoms with Crippen molar-refractivity contribution in [1.29, 1.82) is 0 Å². The Balaban J connectivity index is 2.24. The molecule has 0 radical (unpaired) electrons. The Hall–Kier alpha value is -2.18. The SMILES string of the molecule is [N-]=[N+]=Nc1ccccc1COc1cccc(OS(=O)(=O)C(F)(F)F)c1I. The van der Waals surface area contributed by atoms with Gasteiger partial charge in [0.15, 0.2) is 5.75 Å². The predicted molar refractivity (Wildman–Crippen MR) is 94.3 cm³/mol. The van der Waals surface area contributed by atoms with Gasteiger partial charge in [0, 0.05) is 10.6 Å². The molecule has 0 unspecified atom stereocenters. The Kier molecular flexibility index (Phi) is 6.21. The van der Waals surface area contributed by atoms with E-state index in [4.69, 9.17) is 10.3 Å². The van der Waals surface area contributed by atoms with E-state index in [-0.39, 0.29) is 15.9 Å². The summed E-state index contributed by atoms with van der Waals surface area (Å²) >= 11 is 1.61. The molecule has 0 heterocycles. The molecule has 12 heteroatoms. The summed E-state index contributed by atoms with van der Waals surface area (Å²) in [5.41, 5.74) is 3.86. The lowest BCUT2D eigenvalue weighted by Gasteiger charge is -2.14. The number of hydrogen-bond donors (Lipinski definition) is 0. The fourth-order valence-electron chi connectivity index (χ4n) is 1.77. The lowest BCUT2D eigenvalue weighted by Crippen LogP contribution is -2.28. The summed E-state index contributed by atoms with van der Waals surface area (Å²) in [6, 6.07) is 10.4. The molecule has 0 saturated heterocycles. The average molecular weight is 499 g/mol. The molecular weight excluding hydrogens is 490 g/mol. The van der Waals surface area contributed by atoms with E-state index in [2.05, 4.69) is 14.2 Å². The zero-order chi connectivity index (χ0) is 19.4. The standard InChI is InChI=1S/C14H9F3IN3O4S/c15-14(16,17)26(22,23)25-12-7-3-6-11(13(12)18)24-8-9-4-1-2-5-10(9)20-21-19/h1-7H,8H2. The van der Waals surface area contributed by atoms with Gasteiger partial charge in [-0.2, -0.15) is 21.6 Å². The first-order chi connectivity index (χ1) is 12.2. The largest absolute Gasteiger partial charge is 0.534 e. The molecule has 0 amide bonds. The second-order valence-electron chi connectivity index (χ2n) is 4.66. The molecule has 2 rings (SSSR count). The van der Waals surface area contributed by atoms with Crippen LogP contribution >= 0.6 is 22.6 Å². The van der Waals surface area contributed by atoms with E-state index in [1.54, 1.807) is 46.9 Å².